The van der Waals surface area contributed by atoms with E-state index in [1.54, 1.807) is 13.0 Å². The number of unbranched alkanes of at least 4 members (excludes halogenated alkanes) is 2. The number of hydrogen-bond donors (Lipinski definition) is 1. The number of amides is 1. The van der Waals surface area contributed by atoms with Crippen molar-refractivity contribution in [3.8, 4) is 0 Å². The third kappa shape index (κ3) is 6.51. The van der Waals surface area contributed by atoms with Crippen LogP contribution in [0.2, 0.25) is 10.0 Å². The van der Waals surface area contributed by atoms with Gasteiger partial charge in [-0.1, -0.05) is 49.0 Å². The van der Waals surface area contributed by atoms with Gasteiger partial charge in [0.25, 0.3) is 5.91 Å². The molecule has 2 aromatic rings. The first-order valence-corrected chi connectivity index (χ1v) is 13.2. The van der Waals surface area contributed by atoms with Crippen LogP contribution in [0.5, 0.6) is 0 Å². The molecule has 1 saturated carbocycles. The SMILES string of the molecule is CCCCCN(CC(=O)c1c(Cl)cccc1Cl)C(=O)c1cnn(C2CCC(C)(C(=O)O)CC2)c1C(F)(F)F. The average molecular weight is 576 g/mol. The predicted octanol–water partition coefficient (Wildman–Crippen LogP) is 6.93. The predicted molar refractivity (Wildman–Crippen MR) is 137 cm³/mol. The molecule has 3 rings (SSSR count). The Labute approximate surface area is 228 Å². The van der Waals surface area contributed by atoms with Crippen molar-refractivity contribution in [2.75, 3.05) is 13.1 Å². The fourth-order valence-corrected chi connectivity index (χ4v) is 5.38. The normalized spacial score (nSPS) is 19.8. The minimum Gasteiger partial charge on any atom is -0.481 e. The Morgan fingerprint density at radius 1 is 1.16 bits per heavy atom. The maximum absolute atomic E-state index is 14.3. The van der Waals surface area contributed by atoms with E-state index in [4.69, 9.17) is 23.2 Å². The van der Waals surface area contributed by atoms with E-state index in [0.29, 0.717) is 12.8 Å². The Bertz CT molecular complexity index is 1170. The molecule has 1 aliphatic carbocycles. The molecule has 0 unspecified atom stereocenters. The number of hydrogen-bond acceptors (Lipinski definition) is 4. The molecule has 1 N–H and O–H groups in total. The van der Waals surface area contributed by atoms with Crippen LogP contribution in [0.25, 0.3) is 0 Å². The topological polar surface area (TPSA) is 92.5 Å². The number of Topliss-reactive ketones (excluding diaryl/α,β-unsaturated/α-hetero) is 1. The number of ketones is 1. The third-order valence-electron chi connectivity index (χ3n) is 7.11. The highest BCUT2D eigenvalue weighted by molar-refractivity contribution is 6.40. The van der Waals surface area contributed by atoms with Gasteiger partial charge in [-0.2, -0.15) is 18.3 Å². The van der Waals surface area contributed by atoms with E-state index in [-0.39, 0.29) is 47.8 Å². The van der Waals surface area contributed by atoms with E-state index < -0.39 is 53.1 Å². The van der Waals surface area contributed by atoms with E-state index in [0.717, 1.165) is 22.2 Å². The molecule has 1 fully saturated rings. The second-order valence-corrected chi connectivity index (χ2v) is 10.7. The first-order chi connectivity index (χ1) is 17.8. The molecular formula is C26H30Cl2F3N3O4. The Hall–Kier alpha value is -2.59. The molecule has 0 spiro atoms. The first-order valence-electron chi connectivity index (χ1n) is 12.4. The number of carbonyl (C=O) groups is 3. The minimum atomic E-state index is -4.90. The summed E-state index contributed by atoms with van der Waals surface area (Å²) in [5.74, 6) is -2.55. The highest BCUT2D eigenvalue weighted by Gasteiger charge is 2.45. The number of aromatic nitrogens is 2. The molecule has 1 aliphatic rings. The number of nitrogens with zero attached hydrogens (tertiary/aromatic N) is 3. The largest absolute Gasteiger partial charge is 0.481 e. The van der Waals surface area contributed by atoms with Crippen LogP contribution in [-0.4, -0.2) is 50.5 Å². The molecule has 0 bridgehead atoms. The fraction of sp³-hybridized carbons (Fsp3) is 0.538. The molecule has 12 heteroatoms. The van der Waals surface area contributed by atoms with Gasteiger partial charge in [0.05, 0.1) is 45.4 Å². The zero-order chi connectivity index (χ0) is 28.3. The lowest BCUT2D eigenvalue weighted by molar-refractivity contribution is -0.152. The van der Waals surface area contributed by atoms with Gasteiger partial charge in [-0.15, -0.1) is 0 Å². The van der Waals surface area contributed by atoms with Gasteiger partial charge in [0, 0.05) is 6.54 Å². The summed E-state index contributed by atoms with van der Waals surface area (Å²) in [6.07, 6.45) is -1.31. The molecule has 0 radical (unpaired) electrons. The van der Waals surface area contributed by atoms with Crippen molar-refractivity contribution >= 4 is 40.9 Å². The lowest BCUT2D eigenvalue weighted by Crippen LogP contribution is -2.38. The standard InChI is InChI=1S/C26H30Cl2F3N3O4/c1-3-4-5-13-33(15-20(35)21-18(27)7-6-8-19(21)28)23(36)17-14-32-34(22(17)26(29,30)31)16-9-11-25(2,12-10-16)24(37)38/h6-8,14,16H,3-5,9-13,15H2,1-2H3,(H,37,38). The van der Waals surface area contributed by atoms with E-state index in [2.05, 4.69) is 5.10 Å². The van der Waals surface area contributed by atoms with Crippen molar-refractivity contribution in [3.63, 3.8) is 0 Å². The monoisotopic (exact) mass is 575 g/mol. The van der Waals surface area contributed by atoms with Crippen molar-refractivity contribution in [2.45, 2.75) is 71.0 Å². The maximum Gasteiger partial charge on any atom is 0.433 e. The Balaban J connectivity index is 1.94. The summed E-state index contributed by atoms with van der Waals surface area (Å²) in [6.45, 7) is 3.06. The molecule has 1 aromatic heterocycles. The van der Waals surface area contributed by atoms with Crippen LogP contribution >= 0.6 is 23.2 Å². The number of aliphatic carboxylic acids is 1. The molecule has 0 atom stereocenters. The fourth-order valence-electron chi connectivity index (χ4n) is 4.77. The summed E-state index contributed by atoms with van der Waals surface area (Å²) < 4.78 is 43.7. The van der Waals surface area contributed by atoms with Crippen molar-refractivity contribution in [3.05, 3.63) is 51.3 Å². The summed E-state index contributed by atoms with van der Waals surface area (Å²) in [7, 11) is 0. The Morgan fingerprint density at radius 3 is 2.29 bits per heavy atom. The van der Waals surface area contributed by atoms with Crippen molar-refractivity contribution in [2.24, 2.45) is 5.41 Å². The minimum absolute atomic E-state index is 0.000417. The van der Waals surface area contributed by atoms with Gasteiger partial charge in [-0.05, 0) is 51.2 Å². The molecule has 1 aromatic carbocycles. The molecule has 1 amide bonds. The highest BCUT2D eigenvalue weighted by Crippen LogP contribution is 2.43. The molecule has 1 heterocycles. The third-order valence-corrected chi connectivity index (χ3v) is 7.74. The number of carbonyl (C=O) groups excluding carboxylic acids is 2. The lowest BCUT2D eigenvalue weighted by atomic mass is 9.74. The maximum atomic E-state index is 14.3. The molecule has 208 valence electrons. The van der Waals surface area contributed by atoms with Gasteiger partial charge < -0.3 is 10.0 Å². The number of rotatable bonds is 10. The van der Waals surface area contributed by atoms with E-state index in [1.165, 1.54) is 12.1 Å². The average Bonchev–Trinajstić information content (AvgIpc) is 3.29. The highest BCUT2D eigenvalue weighted by atomic mass is 35.5. The second-order valence-electron chi connectivity index (χ2n) is 9.90. The van der Waals surface area contributed by atoms with Crippen molar-refractivity contribution < 1.29 is 32.7 Å². The number of halogens is 5. The quantitative estimate of drug-likeness (QED) is 0.245. The van der Waals surface area contributed by atoms with Crippen LogP contribution < -0.4 is 0 Å². The summed E-state index contributed by atoms with van der Waals surface area (Å²) in [4.78, 5) is 39.2. The number of carboxylic acid groups (broad SMARTS) is 1. The van der Waals surface area contributed by atoms with Crippen molar-refractivity contribution in [1.82, 2.24) is 14.7 Å². The zero-order valence-corrected chi connectivity index (χ0v) is 22.7. The van der Waals surface area contributed by atoms with Gasteiger partial charge in [-0.3, -0.25) is 19.1 Å². The molecule has 0 aliphatic heterocycles. The van der Waals surface area contributed by atoms with Gasteiger partial charge in [0.15, 0.2) is 11.5 Å². The van der Waals surface area contributed by atoms with Crippen LogP contribution in [0.1, 0.15) is 91.2 Å². The van der Waals surface area contributed by atoms with Crippen LogP contribution in [0.15, 0.2) is 24.4 Å². The molecular weight excluding hydrogens is 546 g/mol. The molecule has 7 nitrogen and oxygen atoms in total. The van der Waals surface area contributed by atoms with Gasteiger partial charge in [-0.25, -0.2) is 0 Å². The number of carboxylic acids is 1. The first kappa shape index (κ1) is 30.0. The second kappa shape index (κ2) is 12.1. The van der Waals surface area contributed by atoms with Gasteiger partial charge in [0.2, 0.25) is 0 Å². The molecule has 0 saturated heterocycles. The smallest absolute Gasteiger partial charge is 0.433 e. The summed E-state index contributed by atoms with van der Waals surface area (Å²) in [5, 5.41) is 13.6. The lowest BCUT2D eigenvalue weighted by Gasteiger charge is -2.34. The van der Waals surface area contributed by atoms with Gasteiger partial charge in [0.1, 0.15) is 0 Å². The summed E-state index contributed by atoms with van der Waals surface area (Å²) >= 11 is 12.3. The Kier molecular flexibility index (Phi) is 9.52. The number of benzene rings is 1. The van der Waals surface area contributed by atoms with E-state index in [1.807, 2.05) is 6.92 Å². The zero-order valence-electron chi connectivity index (χ0n) is 21.2. The van der Waals surface area contributed by atoms with Crippen molar-refractivity contribution in [1.29, 1.82) is 0 Å². The summed E-state index contributed by atoms with van der Waals surface area (Å²) in [6, 6.07) is 3.78. The van der Waals surface area contributed by atoms with Gasteiger partial charge >= 0.3 is 12.1 Å². The van der Waals surface area contributed by atoms with E-state index in [9.17, 15) is 32.7 Å². The molecule has 38 heavy (non-hydrogen) atoms. The van der Waals surface area contributed by atoms with Crippen LogP contribution in [0, 0.1) is 5.41 Å². The van der Waals surface area contributed by atoms with Crippen LogP contribution in [0.3, 0.4) is 0 Å². The van der Waals surface area contributed by atoms with E-state index >= 15 is 0 Å². The summed E-state index contributed by atoms with van der Waals surface area (Å²) in [5.41, 5.74) is -2.87. The van der Waals surface area contributed by atoms with Crippen LogP contribution in [-0.2, 0) is 11.0 Å². The van der Waals surface area contributed by atoms with Crippen LogP contribution in [0.4, 0.5) is 13.2 Å². The number of alkyl halides is 3. The Morgan fingerprint density at radius 2 is 1.76 bits per heavy atom.